The molecule has 1 amide bonds. The van der Waals surface area contributed by atoms with E-state index in [1.165, 1.54) is 6.20 Å². The summed E-state index contributed by atoms with van der Waals surface area (Å²) in [6, 6.07) is 5.96. The van der Waals surface area contributed by atoms with Gasteiger partial charge in [0.2, 0.25) is 0 Å². The molecule has 2 heterocycles. The standard InChI is InChI=1S/C19H20N4O3/c1-10-6-5-7-14(11(10)2)16(19(25)26)21-18(24)13-8-15-12(3)22-23(4)17(15)20-9-13/h5-9,16H,1-4H3,(H,21,24)(H,25,26). The minimum Gasteiger partial charge on any atom is -0.479 e. The lowest BCUT2D eigenvalue weighted by Gasteiger charge is -2.18. The predicted molar refractivity (Wildman–Crippen MR) is 97.0 cm³/mol. The zero-order valence-electron chi connectivity index (χ0n) is 15.1. The van der Waals surface area contributed by atoms with Crippen LogP contribution < -0.4 is 5.32 Å². The Labute approximate surface area is 150 Å². The summed E-state index contributed by atoms with van der Waals surface area (Å²) >= 11 is 0. The number of pyridine rings is 1. The first-order valence-corrected chi connectivity index (χ1v) is 8.18. The van der Waals surface area contributed by atoms with Gasteiger partial charge in [-0.1, -0.05) is 18.2 Å². The van der Waals surface area contributed by atoms with Crippen LogP contribution in [0.1, 0.15) is 38.8 Å². The van der Waals surface area contributed by atoms with Gasteiger partial charge in [-0.25, -0.2) is 9.78 Å². The molecule has 3 rings (SSSR count). The molecule has 0 radical (unpaired) electrons. The highest BCUT2D eigenvalue weighted by molar-refractivity contribution is 5.99. The fraction of sp³-hybridized carbons (Fsp3) is 0.263. The number of carboxylic acids is 1. The number of benzene rings is 1. The van der Waals surface area contributed by atoms with Gasteiger partial charge in [-0.15, -0.1) is 0 Å². The molecule has 0 fully saturated rings. The highest BCUT2D eigenvalue weighted by Gasteiger charge is 2.25. The molecule has 0 bridgehead atoms. The molecular weight excluding hydrogens is 332 g/mol. The zero-order valence-corrected chi connectivity index (χ0v) is 15.1. The van der Waals surface area contributed by atoms with Crippen molar-refractivity contribution in [2.24, 2.45) is 7.05 Å². The van der Waals surface area contributed by atoms with Crippen molar-refractivity contribution >= 4 is 22.9 Å². The molecule has 0 spiro atoms. The van der Waals surface area contributed by atoms with Crippen molar-refractivity contribution in [1.82, 2.24) is 20.1 Å². The molecule has 1 unspecified atom stereocenters. The Morgan fingerprint density at radius 1 is 1.23 bits per heavy atom. The Hall–Kier alpha value is -3.22. The molecule has 3 aromatic rings. The third-order valence-electron chi connectivity index (χ3n) is 4.61. The van der Waals surface area contributed by atoms with Gasteiger partial charge in [0, 0.05) is 18.6 Å². The van der Waals surface area contributed by atoms with Crippen LogP contribution in [0.3, 0.4) is 0 Å². The molecular formula is C19H20N4O3. The van der Waals surface area contributed by atoms with E-state index in [-0.39, 0.29) is 0 Å². The summed E-state index contributed by atoms with van der Waals surface area (Å²) in [5.41, 5.74) is 4.11. The number of aromatic nitrogens is 3. The molecule has 0 saturated carbocycles. The molecule has 134 valence electrons. The summed E-state index contributed by atoms with van der Waals surface area (Å²) in [7, 11) is 1.78. The SMILES string of the molecule is Cc1cccc(C(NC(=O)c2cnc3c(c2)c(C)nn3C)C(=O)O)c1C. The number of carboxylic acid groups (broad SMARTS) is 1. The Balaban J connectivity index is 1.95. The first-order valence-electron chi connectivity index (χ1n) is 8.18. The van der Waals surface area contributed by atoms with Crippen LogP contribution in [0, 0.1) is 20.8 Å². The maximum absolute atomic E-state index is 12.6. The normalized spacial score (nSPS) is 12.2. The number of hydrogen-bond acceptors (Lipinski definition) is 4. The molecule has 0 aliphatic heterocycles. The van der Waals surface area contributed by atoms with Gasteiger partial charge < -0.3 is 10.4 Å². The Morgan fingerprint density at radius 3 is 2.65 bits per heavy atom. The van der Waals surface area contributed by atoms with E-state index in [1.807, 2.05) is 26.8 Å². The van der Waals surface area contributed by atoms with E-state index in [9.17, 15) is 14.7 Å². The van der Waals surface area contributed by atoms with Gasteiger partial charge in [-0.2, -0.15) is 5.10 Å². The van der Waals surface area contributed by atoms with Crippen molar-refractivity contribution in [2.45, 2.75) is 26.8 Å². The van der Waals surface area contributed by atoms with Crippen LogP contribution in [0.15, 0.2) is 30.5 Å². The highest BCUT2D eigenvalue weighted by atomic mass is 16.4. The summed E-state index contributed by atoms with van der Waals surface area (Å²) < 4.78 is 1.64. The summed E-state index contributed by atoms with van der Waals surface area (Å²) in [5.74, 6) is -1.60. The van der Waals surface area contributed by atoms with Gasteiger partial charge in [0.25, 0.3) is 5.91 Å². The maximum Gasteiger partial charge on any atom is 0.330 e. The molecule has 0 aliphatic rings. The van der Waals surface area contributed by atoms with Gasteiger partial charge >= 0.3 is 5.97 Å². The summed E-state index contributed by atoms with van der Waals surface area (Å²) in [6.45, 7) is 5.59. The van der Waals surface area contributed by atoms with Crippen molar-refractivity contribution < 1.29 is 14.7 Å². The van der Waals surface area contributed by atoms with Crippen LogP contribution in [-0.4, -0.2) is 31.7 Å². The van der Waals surface area contributed by atoms with E-state index >= 15 is 0 Å². The third-order valence-corrected chi connectivity index (χ3v) is 4.61. The predicted octanol–water partition coefficient (Wildman–Crippen LogP) is 2.45. The van der Waals surface area contributed by atoms with Gasteiger partial charge in [0.1, 0.15) is 0 Å². The molecule has 0 aliphatic carbocycles. The number of amides is 1. The number of carbonyl (C=O) groups is 2. The molecule has 7 nitrogen and oxygen atoms in total. The minimum absolute atomic E-state index is 0.296. The minimum atomic E-state index is -1.13. The van der Waals surface area contributed by atoms with Gasteiger partial charge in [-0.3, -0.25) is 9.48 Å². The largest absolute Gasteiger partial charge is 0.479 e. The van der Waals surface area contributed by atoms with Crippen molar-refractivity contribution in [3.05, 3.63) is 58.4 Å². The van der Waals surface area contributed by atoms with Gasteiger partial charge in [-0.05, 0) is 43.5 Å². The third kappa shape index (κ3) is 3.03. The van der Waals surface area contributed by atoms with E-state index in [1.54, 1.807) is 29.9 Å². The highest BCUT2D eigenvalue weighted by Crippen LogP contribution is 2.22. The van der Waals surface area contributed by atoms with Crippen LogP contribution >= 0.6 is 0 Å². The number of aryl methyl sites for hydroxylation is 3. The van der Waals surface area contributed by atoms with Crippen LogP contribution in [-0.2, 0) is 11.8 Å². The number of aliphatic carboxylic acids is 1. The lowest BCUT2D eigenvalue weighted by atomic mass is 9.97. The van der Waals surface area contributed by atoms with E-state index in [4.69, 9.17) is 0 Å². The second-order valence-electron chi connectivity index (χ2n) is 6.34. The van der Waals surface area contributed by atoms with Gasteiger partial charge in [0.05, 0.1) is 11.3 Å². The Morgan fingerprint density at radius 2 is 1.96 bits per heavy atom. The molecule has 1 atom stereocenters. The molecule has 2 aromatic heterocycles. The van der Waals surface area contributed by atoms with E-state index < -0.39 is 17.9 Å². The average Bonchev–Trinajstić information content (AvgIpc) is 2.89. The van der Waals surface area contributed by atoms with E-state index in [0.717, 1.165) is 22.2 Å². The van der Waals surface area contributed by atoms with E-state index in [2.05, 4.69) is 15.4 Å². The number of rotatable bonds is 4. The lowest BCUT2D eigenvalue weighted by Crippen LogP contribution is -2.34. The van der Waals surface area contributed by atoms with Gasteiger partial charge in [0.15, 0.2) is 11.7 Å². The van der Waals surface area contributed by atoms with Crippen LogP contribution in [0.2, 0.25) is 0 Å². The van der Waals surface area contributed by atoms with Crippen molar-refractivity contribution in [3.63, 3.8) is 0 Å². The molecule has 2 N–H and O–H groups in total. The number of fused-ring (bicyclic) bond motifs is 1. The molecule has 1 aromatic carbocycles. The Kier molecular flexibility index (Phi) is 4.46. The second kappa shape index (κ2) is 6.59. The topological polar surface area (TPSA) is 97.1 Å². The number of carbonyl (C=O) groups excluding carboxylic acids is 1. The van der Waals surface area contributed by atoms with E-state index in [0.29, 0.717) is 16.8 Å². The lowest BCUT2D eigenvalue weighted by molar-refractivity contribution is -0.139. The summed E-state index contributed by atoms with van der Waals surface area (Å²) in [5, 5.41) is 17.3. The van der Waals surface area contributed by atoms with Crippen LogP contribution in [0.4, 0.5) is 0 Å². The van der Waals surface area contributed by atoms with Crippen molar-refractivity contribution in [2.75, 3.05) is 0 Å². The first kappa shape index (κ1) is 17.6. The number of nitrogens with one attached hydrogen (secondary N) is 1. The van der Waals surface area contributed by atoms with Crippen molar-refractivity contribution in [3.8, 4) is 0 Å². The van der Waals surface area contributed by atoms with Crippen LogP contribution in [0.5, 0.6) is 0 Å². The number of nitrogens with zero attached hydrogens (tertiary/aromatic N) is 3. The molecule has 0 saturated heterocycles. The molecule has 26 heavy (non-hydrogen) atoms. The maximum atomic E-state index is 12.6. The smallest absolute Gasteiger partial charge is 0.330 e. The van der Waals surface area contributed by atoms with Crippen molar-refractivity contribution in [1.29, 1.82) is 0 Å². The zero-order chi connectivity index (χ0) is 19.0. The fourth-order valence-corrected chi connectivity index (χ4v) is 3.01. The fourth-order valence-electron chi connectivity index (χ4n) is 3.01. The molecule has 7 heteroatoms. The second-order valence-corrected chi connectivity index (χ2v) is 6.34. The first-order chi connectivity index (χ1) is 12.3. The quantitative estimate of drug-likeness (QED) is 0.752. The summed E-state index contributed by atoms with van der Waals surface area (Å²) in [4.78, 5) is 28.7. The number of hydrogen-bond donors (Lipinski definition) is 2. The monoisotopic (exact) mass is 352 g/mol. The summed E-state index contributed by atoms with van der Waals surface area (Å²) in [6.07, 6.45) is 1.43. The van der Waals surface area contributed by atoms with Crippen LogP contribution in [0.25, 0.3) is 11.0 Å². The average molecular weight is 352 g/mol. The Bertz CT molecular complexity index is 1020.